The van der Waals surface area contributed by atoms with Crippen LogP contribution in [0.1, 0.15) is 5.69 Å². The fourth-order valence-electron chi connectivity index (χ4n) is 3.11. The van der Waals surface area contributed by atoms with E-state index >= 15 is 0 Å². The van der Waals surface area contributed by atoms with Crippen LogP contribution in [0.2, 0.25) is 0 Å². The van der Waals surface area contributed by atoms with Crippen LogP contribution in [-0.2, 0) is 9.59 Å². The Bertz CT molecular complexity index is 1250. The lowest BCUT2D eigenvalue weighted by molar-refractivity contribution is -0.384. The molecule has 8 nitrogen and oxygen atoms in total. The van der Waals surface area contributed by atoms with Crippen LogP contribution < -0.4 is 10.2 Å². The van der Waals surface area contributed by atoms with E-state index in [1.165, 1.54) is 42.5 Å². The van der Waals surface area contributed by atoms with Gasteiger partial charge in [0.2, 0.25) is 0 Å². The van der Waals surface area contributed by atoms with Gasteiger partial charge in [-0.15, -0.1) is 0 Å². The molecule has 0 unspecified atom stereocenters. The summed E-state index contributed by atoms with van der Waals surface area (Å²) in [5, 5.41) is 13.2. The Hall–Kier alpha value is -4.18. The number of hydrogen-bond acceptors (Lipinski definition) is 5. The quantitative estimate of drug-likeness (QED) is 0.222. The molecule has 4 rings (SSSR count). The molecule has 10 heteroatoms. The first-order valence-corrected chi connectivity index (χ1v) is 9.35. The molecule has 0 bridgehead atoms. The van der Waals surface area contributed by atoms with Gasteiger partial charge in [0.25, 0.3) is 17.5 Å². The number of non-ortho nitro benzene ring substituents is 1. The summed E-state index contributed by atoms with van der Waals surface area (Å²) in [5.74, 6) is -1.79. The van der Waals surface area contributed by atoms with E-state index in [0.717, 1.165) is 4.90 Å². The van der Waals surface area contributed by atoms with Gasteiger partial charge in [-0.3, -0.25) is 29.9 Å². The van der Waals surface area contributed by atoms with Gasteiger partial charge in [0.15, 0.2) is 5.11 Å². The van der Waals surface area contributed by atoms with Crippen LogP contribution in [0.4, 0.5) is 15.8 Å². The minimum absolute atomic E-state index is 0.0545. The Morgan fingerprint density at radius 2 is 1.65 bits per heavy atom. The highest BCUT2D eigenvalue weighted by Gasteiger charge is 2.34. The second kappa shape index (κ2) is 7.92. The van der Waals surface area contributed by atoms with Gasteiger partial charge in [-0.25, -0.2) is 4.39 Å². The first-order valence-electron chi connectivity index (χ1n) is 8.94. The van der Waals surface area contributed by atoms with Crippen molar-refractivity contribution in [2.75, 3.05) is 4.90 Å². The zero-order valence-corrected chi connectivity index (χ0v) is 16.5. The SMILES string of the molecule is O=C1NC(=S)N(c2ccc(F)cc2)C(=O)C1=Cc1cccn1-c1ccc([N+](=O)[O-])cc1. The summed E-state index contributed by atoms with van der Waals surface area (Å²) in [6, 6.07) is 14.4. The largest absolute Gasteiger partial charge is 0.317 e. The molecule has 2 amide bonds. The van der Waals surface area contributed by atoms with Crippen LogP contribution in [0.15, 0.2) is 72.4 Å². The van der Waals surface area contributed by atoms with Crippen LogP contribution in [-0.4, -0.2) is 26.4 Å². The fraction of sp³-hybridized carbons (Fsp3) is 0. The van der Waals surface area contributed by atoms with E-state index in [1.807, 2.05) is 0 Å². The second-order valence-corrected chi connectivity index (χ2v) is 6.90. The van der Waals surface area contributed by atoms with Crippen LogP contribution in [0.5, 0.6) is 0 Å². The van der Waals surface area contributed by atoms with Crippen molar-refractivity contribution in [1.82, 2.24) is 9.88 Å². The number of nitro benzene ring substituents is 1. The Kier molecular flexibility index (Phi) is 5.14. The summed E-state index contributed by atoms with van der Waals surface area (Å²) in [6.45, 7) is 0. The number of hydrogen-bond donors (Lipinski definition) is 1. The Morgan fingerprint density at radius 3 is 2.29 bits per heavy atom. The predicted octanol–water partition coefficient (Wildman–Crippen LogP) is 3.36. The molecule has 1 N–H and O–H groups in total. The lowest BCUT2D eigenvalue weighted by Gasteiger charge is -2.28. The van der Waals surface area contributed by atoms with Gasteiger partial charge in [0.05, 0.1) is 10.6 Å². The highest BCUT2D eigenvalue weighted by molar-refractivity contribution is 7.80. The summed E-state index contributed by atoms with van der Waals surface area (Å²) in [6.07, 6.45) is 3.10. The van der Waals surface area contributed by atoms with E-state index in [-0.39, 0.29) is 16.4 Å². The summed E-state index contributed by atoms with van der Waals surface area (Å²) >= 11 is 5.12. The molecule has 0 spiro atoms. The number of benzene rings is 2. The van der Waals surface area contributed by atoms with Crippen molar-refractivity contribution in [3.8, 4) is 5.69 Å². The number of rotatable bonds is 4. The normalized spacial score (nSPS) is 15.3. The number of amides is 2. The zero-order valence-electron chi connectivity index (χ0n) is 15.7. The molecule has 3 aromatic rings. The van der Waals surface area contributed by atoms with Crippen molar-refractivity contribution in [3.63, 3.8) is 0 Å². The van der Waals surface area contributed by atoms with Gasteiger partial charge in [0, 0.05) is 29.7 Å². The lowest BCUT2D eigenvalue weighted by Crippen LogP contribution is -2.54. The van der Waals surface area contributed by atoms with Crippen molar-refractivity contribution >= 4 is 46.6 Å². The van der Waals surface area contributed by atoms with Gasteiger partial charge in [-0.05, 0) is 66.8 Å². The van der Waals surface area contributed by atoms with E-state index in [2.05, 4.69) is 5.32 Å². The number of carbonyl (C=O) groups excluding carboxylic acids is 2. The van der Waals surface area contributed by atoms with Gasteiger partial charge < -0.3 is 4.57 Å². The molecular weight excluding hydrogens is 423 g/mol. The third-order valence-corrected chi connectivity index (χ3v) is 4.88. The molecule has 2 aromatic carbocycles. The van der Waals surface area contributed by atoms with Crippen LogP contribution in [0.3, 0.4) is 0 Å². The van der Waals surface area contributed by atoms with Crippen molar-refractivity contribution in [1.29, 1.82) is 0 Å². The number of anilines is 1. The average Bonchev–Trinajstić information content (AvgIpc) is 3.20. The highest BCUT2D eigenvalue weighted by atomic mass is 32.1. The zero-order chi connectivity index (χ0) is 22.1. The van der Waals surface area contributed by atoms with Crippen molar-refractivity contribution in [2.45, 2.75) is 0 Å². The predicted molar refractivity (Wildman–Crippen MR) is 115 cm³/mol. The standard InChI is InChI=1S/C21H13FN4O4S/c22-13-3-5-15(6-4-13)25-20(28)18(19(27)23-21(25)31)12-17-2-1-11-24(17)14-7-9-16(10-8-14)26(29)30/h1-12H,(H,23,27,31). The molecule has 31 heavy (non-hydrogen) atoms. The van der Waals surface area contributed by atoms with Gasteiger partial charge in [-0.1, -0.05) is 0 Å². The number of nitrogens with zero attached hydrogens (tertiary/aromatic N) is 3. The topological polar surface area (TPSA) is 97.5 Å². The number of nitro groups is 1. The third-order valence-electron chi connectivity index (χ3n) is 4.60. The molecule has 0 saturated carbocycles. The maximum absolute atomic E-state index is 13.3. The summed E-state index contributed by atoms with van der Waals surface area (Å²) in [5.41, 5.74) is 1.20. The number of nitrogens with one attached hydrogen (secondary N) is 1. The number of halogens is 1. The number of aromatic nitrogens is 1. The molecule has 1 aliphatic rings. The lowest BCUT2D eigenvalue weighted by atomic mass is 10.1. The average molecular weight is 436 g/mol. The number of carbonyl (C=O) groups is 2. The molecule has 1 aromatic heterocycles. The molecular formula is C21H13FN4O4S. The highest BCUT2D eigenvalue weighted by Crippen LogP contribution is 2.24. The number of thiocarbonyl (C=S) groups is 1. The van der Waals surface area contributed by atoms with Gasteiger partial charge in [0.1, 0.15) is 11.4 Å². The molecule has 0 atom stereocenters. The second-order valence-electron chi connectivity index (χ2n) is 6.51. The van der Waals surface area contributed by atoms with Crippen molar-refractivity contribution in [2.24, 2.45) is 0 Å². The van der Waals surface area contributed by atoms with E-state index in [0.29, 0.717) is 17.1 Å². The third kappa shape index (κ3) is 3.83. The molecule has 1 fully saturated rings. The van der Waals surface area contributed by atoms with E-state index in [9.17, 15) is 24.1 Å². The van der Waals surface area contributed by atoms with Crippen molar-refractivity contribution < 1.29 is 18.9 Å². The van der Waals surface area contributed by atoms with Crippen LogP contribution >= 0.6 is 12.2 Å². The summed E-state index contributed by atoms with van der Waals surface area (Å²) in [7, 11) is 0. The smallest absolute Gasteiger partial charge is 0.270 e. The molecule has 0 aliphatic carbocycles. The van der Waals surface area contributed by atoms with E-state index in [4.69, 9.17) is 12.2 Å². The fourth-order valence-corrected chi connectivity index (χ4v) is 3.39. The first-order chi connectivity index (χ1) is 14.8. The van der Waals surface area contributed by atoms with Crippen LogP contribution in [0.25, 0.3) is 11.8 Å². The molecule has 1 saturated heterocycles. The van der Waals surface area contributed by atoms with E-state index < -0.39 is 22.6 Å². The van der Waals surface area contributed by atoms with Crippen molar-refractivity contribution in [3.05, 3.63) is 94.1 Å². The maximum atomic E-state index is 13.3. The van der Waals surface area contributed by atoms with E-state index in [1.54, 1.807) is 35.0 Å². The van der Waals surface area contributed by atoms with Gasteiger partial charge >= 0.3 is 0 Å². The Labute approximate surface area is 180 Å². The van der Waals surface area contributed by atoms with Crippen LogP contribution in [0, 0.1) is 15.9 Å². The van der Waals surface area contributed by atoms with Gasteiger partial charge in [-0.2, -0.15) is 0 Å². The first kappa shape index (κ1) is 20.1. The summed E-state index contributed by atoms with van der Waals surface area (Å²) < 4.78 is 14.9. The Balaban J connectivity index is 1.71. The monoisotopic (exact) mass is 436 g/mol. The molecule has 1 aliphatic heterocycles. The molecule has 0 radical (unpaired) electrons. The summed E-state index contributed by atoms with van der Waals surface area (Å²) in [4.78, 5) is 37.0. The minimum Gasteiger partial charge on any atom is -0.317 e. The molecule has 2 heterocycles. The maximum Gasteiger partial charge on any atom is 0.270 e. The minimum atomic E-state index is -0.662. The molecule has 154 valence electrons. The Morgan fingerprint density at radius 1 is 1.00 bits per heavy atom.